The molecular formula is C20H19BrN4O3. The van der Waals surface area contributed by atoms with Crippen molar-refractivity contribution in [1.82, 2.24) is 15.3 Å². The van der Waals surface area contributed by atoms with Crippen LogP contribution in [-0.4, -0.2) is 22.6 Å². The van der Waals surface area contributed by atoms with E-state index in [0.717, 1.165) is 27.1 Å². The smallest absolute Gasteiger partial charge is 0.329 e. The predicted molar refractivity (Wildman–Crippen MR) is 109 cm³/mol. The number of aromatic nitrogens is 1. The van der Waals surface area contributed by atoms with Gasteiger partial charge in [0, 0.05) is 27.1 Å². The van der Waals surface area contributed by atoms with Crippen molar-refractivity contribution in [2.24, 2.45) is 5.10 Å². The summed E-state index contributed by atoms with van der Waals surface area (Å²) in [6.07, 6.45) is 3.02. The Morgan fingerprint density at radius 2 is 2.00 bits per heavy atom. The van der Waals surface area contributed by atoms with Gasteiger partial charge in [-0.05, 0) is 50.2 Å². The molecule has 0 aliphatic carbocycles. The van der Waals surface area contributed by atoms with E-state index in [9.17, 15) is 9.59 Å². The quantitative estimate of drug-likeness (QED) is 0.361. The molecule has 2 heterocycles. The maximum atomic E-state index is 11.8. The minimum Gasteiger partial charge on any atom is -0.467 e. The van der Waals surface area contributed by atoms with Crippen molar-refractivity contribution >= 4 is 34.0 Å². The third-order valence-electron chi connectivity index (χ3n) is 4.12. The van der Waals surface area contributed by atoms with Gasteiger partial charge < -0.3 is 14.3 Å². The molecule has 0 unspecified atom stereocenters. The lowest BCUT2D eigenvalue weighted by molar-refractivity contribution is -0.139. The first-order chi connectivity index (χ1) is 13.5. The Morgan fingerprint density at radius 1 is 1.18 bits per heavy atom. The number of hydrazone groups is 1. The van der Waals surface area contributed by atoms with E-state index < -0.39 is 11.8 Å². The number of furan rings is 1. The minimum absolute atomic E-state index is 0.136. The van der Waals surface area contributed by atoms with Gasteiger partial charge >= 0.3 is 11.8 Å². The first-order valence-corrected chi connectivity index (χ1v) is 9.33. The molecule has 0 spiro atoms. The van der Waals surface area contributed by atoms with Gasteiger partial charge in [-0.3, -0.25) is 9.59 Å². The second-order valence-electron chi connectivity index (χ2n) is 6.10. The van der Waals surface area contributed by atoms with E-state index >= 15 is 0 Å². The molecule has 0 aliphatic rings. The Morgan fingerprint density at radius 3 is 2.71 bits per heavy atom. The van der Waals surface area contributed by atoms with Gasteiger partial charge in [0.05, 0.1) is 19.0 Å². The van der Waals surface area contributed by atoms with Crippen molar-refractivity contribution in [1.29, 1.82) is 0 Å². The fourth-order valence-electron chi connectivity index (χ4n) is 2.80. The lowest BCUT2D eigenvalue weighted by atomic mass is 10.2. The number of nitrogens with one attached hydrogen (secondary N) is 2. The lowest BCUT2D eigenvalue weighted by Crippen LogP contribution is -2.37. The highest BCUT2D eigenvalue weighted by atomic mass is 79.9. The topological polar surface area (TPSA) is 88.6 Å². The molecule has 3 rings (SSSR count). The number of halogens is 1. The van der Waals surface area contributed by atoms with Gasteiger partial charge in [0.1, 0.15) is 5.76 Å². The molecule has 7 nitrogen and oxygen atoms in total. The zero-order valence-electron chi connectivity index (χ0n) is 15.4. The van der Waals surface area contributed by atoms with Crippen molar-refractivity contribution in [2.75, 3.05) is 0 Å². The van der Waals surface area contributed by atoms with E-state index in [1.54, 1.807) is 12.1 Å². The highest BCUT2D eigenvalue weighted by Gasteiger charge is 2.13. The molecule has 1 aromatic carbocycles. The molecule has 2 aromatic heterocycles. The van der Waals surface area contributed by atoms with Gasteiger partial charge in [-0.1, -0.05) is 22.0 Å². The second kappa shape index (κ2) is 8.71. The van der Waals surface area contributed by atoms with Crippen LogP contribution in [0.2, 0.25) is 0 Å². The third-order valence-corrected chi connectivity index (χ3v) is 4.61. The van der Waals surface area contributed by atoms with Crippen LogP contribution in [0.15, 0.2) is 62.7 Å². The van der Waals surface area contributed by atoms with Crippen LogP contribution < -0.4 is 10.7 Å². The van der Waals surface area contributed by atoms with E-state index in [4.69, 9.17) is 4.42 Å². The largest absolute Gasteiger partial charge is 0.467 e. The molecular weight excluding hydrogens is 424 g/mol. The van der Waals surface area contributed by atoms with Crippen LogP contribution in [-0.2, 0) is 16.1 Å². The summed E-state index contributed by atoms with van der Waals surface area (Å²) in [5, 5.41) is 6.36. The van der Waals surface area contributed by atoms with Gasteiger partial charge in [0.2, 0.25) is 0 Å². The number of aryl methyl sites for hydroxylation is 1. The Labute approximate surface area is 170 Å². The van der Waals surface area contributed by atoms with E-state index in [-0.39, 0.29) is 6.54 Å². The standard InChI is InChI=1S/C20H19BrN4O3/c1-13-9-15(14(2)25(13)17-6-3-5-16(21)10-17)11-23-24-20(27)19(26)22-12-18-7-4-8-28-18/h3-11H,12H2,1-2H3,(H,22,26)(H,24,27)/b23-11-. The monoisotopic (exact) mass is 442 g/mol. The molecule has 28 heavy (non-hydrogen) atoms. The summed E-state index contributed by atoms with van der Waals surface area (Å²) in [7, 11) is 0. The number of hydrogen-bond acceptors (Lipinski definition) is 4. The zero-order valence-corrected chi connectivity index (χ0v) is 17.0. The first-order valence-electron chi connectivity index (χ1n) is 8.54. The number of nitrogens with zero attached hydrogens (tertiary/aromatic N) is 2. The normalized spacial score (nSPS) is 11.0. The van der Waals surface area contributed by atoms with E-state index in [1.165, 1.54) is 12.5 Å². The molecule has 2 N–H and O–H groups in total. The summed E-state index contributed by atoms with van der Waals surface area (Å²) >= 11 is 3.48. The van der Waals surface area contributed by atoms with Crippen LogP contribution in [0, 0.1) is 13.8 Å². The van der Waals surface area contributed by atoms with Gasteiger partial charge in [-0.25, -0.2) is 5.43 Å². The highest BCUT2D eigenvalue weighted by Crippen LogP contribution is 2.22. The lowest BCUT2D eigenvalue weighted by Gasteiger charge is -2.09. The first kappa shape index (κ1) is 19.6. The summed E-state index contributed by atoms with van der Waals surface area (Å²) in [5.41, 5.74) is 6.09. The average Bonchev–Trinajstić information content (AvgIpc) is 3.27. The van der Waals surface area contributed by atoms with Crippen LogP contribution in [0.25, 0.3) is 5.69 Å². The molecule has 0 fully saturated rings. The van der Waals surface area contributed by atoms with E-state index in [2.05, 4.69) is 36.3 Å². The Hall–Kier alpha value is -3.13. The molecule has 144 valence electrons. The third kappa shape index (κ3) is 4.58. The van der Waals surface area contributed by atoms with Gasteiger partial charge in [-0.2, -0.15) is 5.10 Å². The summed E-state index contributed by atoms with van der Waals surface area (Å²) in [5.74, 6) is -1.07. The maximum Gasteiger partial charge on any atom is 0.329 e. The number of carbonyl (C=O) groups excluding carboxylic acids is 2. The van der Waals surface area contributed by atoms with Gasteiger partial charge in [0.25, 0.3) is 0 Å². The van der Waals surface area contributed by atoms with Crippen LogP contribution in [0.1, 0.15) is 22.7 Å². The van der Waals surface area contributed by atoms with Crippen molar-refractivity contribution in [3.05, 3.63) is 75.9 Å². The van der Waals surface area contributed by atoms with Crippen molar-refractivity contribution < 1.29 is 14.0 Å². The summed E-state index contributed by atoms with van der Waals surface area (Å²) < 4.78 is 8.17. The van der Waals surface area contributed by atoms with Crippen molar-refractivity contribution in [3.63, 3.8) is 0 Å². The molecule has 0 atom stereocenters. The van der Waals surface area contributed by atoms with Crippen LogP contribution in [0.4, 0.5) is 0 Å². The summed E-state index contributed by atoms with van der Waals surface area (Å²) in [4.78, 5) is 23.6. The molecule has 0 bridgehead atoms. The maximum absolute atomic E-state index is 11.8. The van der Waals surface area contributed by atoms with Crippen molar-refractivity contribution in [2.45, 2.75) is 20.4 Å². The average molecular weight is 443 g/mol. The van der Waals surface area contributed by atoms with Gasteiger partial charge in [0.15, 0.2) is 0 Å². The van der Waals surface area contributed by atoms with Crippen LogP contribution >= 0.6 is 15.9 Å². The number of carbonyl (C=O) groups is 2. The second-order valence-corrected chi connectivity index (χ2v) is 7.02. The number of benzene rings is 1. The molecule has 2 amide bonds. The zero-order chi connectivity index (χ0) is 20.1. The molecule has 8 heteroatoms. The summed E-state index contributed by atoms with van der Waals surface area (Å²) in [6.45, 7) is 4.09. The molecule has 0 saturated heterocycles. The molecule has 3 aromatic rings. The number of amides is 2. The highest BCUT2D eigenvalue weighted by molar-refractivity contribution is 9.10. The van der Waals surface area contributed by atoms with Crippen LogP contribution in [0.3, 0.4) is 0 Å². The van der Waals surface area contributed by atoms with Crippen molar-refractivity contribution in [3.8, 4) is 5.69 Å². The Balaban J connectivity index is 1.63. The fraction of sp³-hybridized carbons (Fsp3) is 0.150. The Bertz CT molecular complexity index is 1020. The molecule has 0 radical (unpaired) electrons. The molecule has 0 aliphatic heterocycles. The predicted octanol–water partition coefficient (Wildman–Crippen LogP) is 3.22. The summed E-state index contributed by atoms with van der Waals surface area (Å²) in [6, 6.07) is 13.3. The number of hydrogen-bond donors (Lipinski definition) is 2. The SMILES string of the molecule is Cc1cc(/C=N\NC(=O)C(=O)NCc2ccco2)c(C)n1-c1cccc(Br)c1. The van der Waals surface area contributed by atoms with Gasteiger partial charge in [-0.15, -0.1) is 0 Å². The van der Waals surface area contributed by atoms with E-state index in [1.807, 2.05) is 44.2 Å². The Kier molecular flexibility index (Phi) is 6.10. The van der Waals surface area contributed by atoms with Crippen LogP contribution in [0.5, 0.6) is 0 Å². The van der Waals surface area contributed by atoms with E-state index in [0.29, 0.717) is 5.76 Å². The molecule has 0 saturated carbocycles. The number of rotatable bonds is 5. The minimum atomic E-state index is -0.844. The fourth-order valence-corrected chi connectivity index (χ4v) is 3.19.